The van der Waals surface area contributed by atoms with Gasteiger partial charge in [-0.2, -0.15) is 4.72 Å². The number of nitrogens with one attached hydrogen (secondary N) is 1. The van der Waals surface area contributed by atoms with E-state index in [1.165, 1.54) is 25.3 Å². The Bertz CT molecular complexity index is 588. The predicted molar refractivity (Wildman–Crippen MR) is 74.7 cm³/mol. The molecule has 0 saturated carbocycles. The molecule has 1 aromatic carbocycles. The molecular formula is C12H16ClNO5S. The highest BCUT2D eigenvalue weighted by Gasteiger charge is 2.25. The number of benzene rings is 1. The molecule has 1 aromatic rings. The van der Waals surface area contributed by atoms with Crippen LogP contribution in [0.5, 0.6) is 5.75 Å². The second kappa shape index (κ2) is 6.92. The standard InChI is InChI=1S/C12H16ClNO5S/c1-3-4-10(12(15)16)14-20(17,18)8-5-6-11(19-2)9(13)7-8/h5-7,10,14H,3-4H2,1-2H3,(H,15,16)/t10-/m0/s1. The third-order valence-electron chi connectivity index (χ3n) is 2.61. The van der Waals surface area contributed by atoms with Crippen molar-refractivity contribution in [3.05, 3.63) is 23.2 Å². The van der Waals surface area contributed by atoms with Crippen LogP contribution in [0.4, 0.5) is 0 Å². The third kappa shape index (κ3) is 4.09. The molecule has 0 heterocycles. The lowest BCUT2D eigenvalue weighted by Crippen LogP contribution is -2.40. The van der Waals surface area contributed by atoms with Crippen molar-refractivity contribution in [2.45, 2.75) is 30.7 Å². The molecule has 112 valence electrons. The van der Waals surface area contributed by atoms with Crippen LogP contribution in [-0.2, 0) is 14.8 Å². The first-order valence-electron chi connectivity index (χ1n) is 5.90. The van der Waals surface area contributed by atoms with E-state index >= 15 is 0 Å². The van der Waals surface area contributed by atoms with Crippen LogP contribution in [-0.4, -0.2) is 32.6 Å². The molecule has 0 fully saturated rings. The van der Waals surface area contributed by atoms with Crippen molar-refractivity contribution >= 4 is 27.6 Å². The molecule has 0 aromatic heterocycles. The Morgan fingerprint density at radius 2 is 2.15 bits per heavy atom. The van der Waals surface area contributed by atoms with Crippen LogP contribution in [0.25, 0.3) is 0 Å². The van der Waals surface area contributed by atoms with Gasteiger partial charge in [-0.25, -0.2) is 8.42 Å². The average Bonchev–Trinajstić information content (AvgIpc) is 2.37. The molecule has 0 aliphatic heterocycles. The minimum Gasteiger partial charge on any atom is -0.495 e. The lowest BCUT2D eigenvalue weighted by atomic mass is 10.2. The Hall–Kier alpha value is -1.31. The van der Waals surface area contributed by atoms with Crippen molar-refractivity contribution in [2.75, 3.05) is 7.11 Å². The highest BCUT2D eigenvalue weighted by atomic mass is 35.5. The summed E-state index contributed by atoms with van der Waals surface area (Å²) in [6.07, 6.45) is 0.751. The summed E-state index contributed by atoms with van der Waals surface area (Å²) in [5, 5.41) is 9.12. The summed E-state index contributed by atoms with van der Waals surface area (Å²) >= 11 is 5.86. The first kappa shape index (κ1) is 16.7. The molecule has 0 bridgehead atoms. The number of methoxy groups -OCH3 is 1. The van der Waals surface area contributed by atoms with E-state index in [0.29, 0.717) is 12.2 Å². The van der Waals surface area contributed by atoms with E-state index in [1.807, 2.05) is 0 Å². The van der Waals surface area contributed by atoms with Crippen molar-refractivity contribution in [3.63, 3.8) is 0 Å². The van der Waals surface area contributed by atoms with Gasteiger partial charge in [-0.1, -0.05) is 24.9 Å². The van der Waals surface area contributed by atoms with E-state index < -0.39 is 22.0 Å². The number of aliphatic carboxylic acids is 1. The van der Waals surface area contributed by atoms with Gasteiger partial charge in [0.25, 0.3) is 0 Å². The molecule has 8 heteroatoms. The number of sulfonamides is 1. The average molecular weight is 322 g/mol. The van der Waals surface area contributed by atoms with Crippen molar-refractivity contribution in [1.82, 2.24) is 4.72 Å². The Balaban J connectivity index is 3.04. The zero-order chi connectivity index (χ0) is 15.3. The van der Waals surface area contributed by atoms with E-state index in [0.717, 1.165) is 0 Å². The van der Waals surface area contributed by atoms with E-state index in [1.54, 1.807) is 6.92 Å². The molecule has 1 atom stereocenters. The monoisotopic (exact) mass is 321 g/mol. The quantitative estimate of drug-likeness (QED) is 0.800. The van der Waals surface area contributed by atoms with E-state index in [4.69, 9.17) is 21.4 Å². The number of carbonyl (C=O) groups is 1. The van der Waals surface area contributed by atoms with Crippen LogP contribution in [0, 0.1) is 0 Å². The molecule has 2 N–H and O–H groups in total. The SMILES string of the molecule is CCC[C@H](NS(=O)(=O)c1ccc(OC)c(Cl)c1)C(=O)O. The van der Waals surface area contributed by atoms with Gasteiger partial charge in [-0.15, -0.1) is 0 Å². The summed E-state index contributed by atoms with van der Waals surface area (Å²) in [5.41, 5.74) is 0. The number of hydrogen-bond acceptors (Lipinski definition) is 4. The van der Waals surface area contributed by atoms with Crippen molar-refractivity contribution < 1.29 is 23.1 Å². The fourth-order valence-electron chi connectivity index (χ4n) is 1.59. The topological polar surface area (TPSA) is 92.7 Å². The fourth-order valence-corrected chi connectivity index (χ4v) is 3.16. The van der Waals surface area contributed by atoms with Gasteiger partial charge in [-0.05, 0) is 24.6 Å². The number of carboxylic acids is 1. The normalized spacial score (nSPS) is 12.9. The summed E-state index contributed by atoms with van der Waals surface area (Å²) < 4.78 is 31.3. The molecule has 0 aliphatic carbocycles. The van der Waals surface area contributed by atoms with Crippen LogP contribution < -0.4 is 9.46 Å². The minimum atomic E-state index is -3.95. The lowest BCUT2D eigenvalue weighted by Gasteiger charge is -2.14. The van der Waals surface area contributed by atoms with Gasteiger partial charge >= 0.3 is 5.97 Å². The zero-order valence-corrected chi connectivity index (χ0v) is 12.7. The third-order valence-corrected chi connectivity index (χ3v) is 4.37. The van der Waals surface area contributed by atoms with E-state index in [9.17, 15) is 13.2 Å². The molecule has 0 saturated heterocycles. The van der Waals surface area contributed by atoms with Gasteiger partial charge in [-0.3, -0.25) is 4.79 Å². The maximum absolute atomic E-state index is 12.1. The number of ether oxygens (including phenoxy) is 1. The fraction of sp³-hybridized carbons (Fsp3) is 0.417. The molecular weight excluding hydrogens is 306 g/mol. The summed E-state index contributed by atoms with van der Waals surface area (Å²) in [7, 11) is -2.53. The molecule has 0 spiro atoms. The maximum Gasteiger partial charge on any atom is 0.321 e. The smallest absolute Gasteiger partial charge is 0.321 e. The van der Waals surface area contributed by atoms with Gasteiger partial charge < -0.3 is 9.84 Å². The molecule has 1 rings (SSSR count). The molecule has 0 radical (unpaired) electrons. The maximum atomic E-state index is 12.1. The molecule has 6 nitrogen and oxygen atoms in total. The van der Waals surface area contributed by atoms with Crippen LogP contribution in [0.3, 0.4) is 0 Å². The Morgan fingerprint density at radius 1 is 1.50 bits per heavy atom. The number of halogens is 1. The van der Waals surface area contributed by atoms with Gasteiger partial charge in [0.15, 0.2) is 0 Å². The van der Waals surface area contributed by atoms with Crippen molar-refractivity contribution in [1.29, 1.82) is 0 Å². The molecule has 20 heavy (non-hydrogen) atoms. The highest BCUT2D eigenvalue weighted by Crippen LogP contribution is 2.27. The summed E-state index contributed by atoms with van der Waals surface area (Å²) in [6.45, 7) is 1.77. The summed E-state index contributed by atoms with van der Waals surface area (Å²) in [6, 6.07) is 2.77. The Morgan fingerprint density at radius 3 is 2.60 bits per heavy atom. The van der Waals surface area contributed by atoms with Crippen molar-refractivity contribution in [2.24, 2.45) is 0 Å². The number of carboxylic acid groups (broad SMARTS) is 1. The Labute approximate surface area is 122 Å². The number of hydrogen-bond donors (Lipinski definition) is 2. The largest absolute Gasteiger partial charge is 0.495 e. The second-order valence-electron chi connectivity index (χ2n) is 4.10. The highest BCUT2D eigenvalue weighted by molar-refractivity contribution is 7.89. The van der Waals surface area contributed by atoms with E-state index in [-0.39, 0.29) is 16.3 Å². The first-order chi connectivity index (χ1) is 9.31. The molecule has 0 aliphatic rings. The van der Waals surface area contributed by atoms with Gasteiger partial charge in [0.05, 0.1) is 17.0 Å². The van der Waals surface area contributed by atoms with Gasteiger partial charge in [0, 0.05) is 0 Å². The van der Waals surface area contributed by atoms with Crippen molar-refractivity contribution in [3.8, 4) is 5.75 Å². The van der Waals surface area contributed by atoms with Gasteiger partial charge in [0.2, 0.25) is 10.0 Å². The summed E-state index contributed by atoms with van der Waals surface area (Å²) in [4.78, 5) is 10.9. The molecule has 0 unspecified atom stereocenters. The van der Waals surface area contributed by atoms with Gasteiger partial charge in [0.1, 0.15) is 11.8 Å². The predicted octanol–water partition coefficient (Wildman–Crippen LogP) is 1.88. The van der Waals surface area contributed by atoms with Crippen LogP contribution in [0.15, 0.2) is 23.1 Å². The second-order valence-corrected chi connectivity index (χ2v) is 6.22. The lowest BCUT2D eigenvalue weighted by molar-refractivity contribution is -0.139. The Kier molecular flexibility index (Phi) is 5.79. The zero-order valence-electron chi connectivity index (χ0n) is 11.1. The van der Waals surface area contributed by atoms with Crippen LogP contribution in [0.2, 0.25) is 5.02 Å². The van der Waals surface area contributed by atoms with E-state index in [2.05, 4.69) is 4.72 Å². The minimum absolute atomic E-state index is 0.106. The first-order valence-corrected chi connectivity index (χ1v) is 7.76. The van der Waals surface area contributed by atoms with Crippen LogP contribution >= 0.6 is 11.6 Å². The van der Waals surface area contributed by atoms with Crippen LogP contribution in [0.1, 0.15) is 19.8 Å². The summed E-state index contributed by atoms with van der Waals surface area (Å²) in [5.74, 6) is -0.871. The molecule has 0 amide bonds. The number of rotatable bonds is 7.